The molecule has 0 saturated carbocycles. The standard InChI is InChI=1S/C8H12F3NO5/c9-8(10,11)5-12(1-2-13)6(14)3-17-4-7(15)16/h13H,1-5H2,(H,15,16). The molecule has 0 heterocycles. The summed E-state index contributed by atoms with van der Waals surface area (Å²) in [6.45, 7) is -4.18. The molecule has 0 aliphatic heterocycles. The Labute approximate surface area is 94.6 Å². The summed E-state index contributed by atoms with van der Waals surface area (Å²) in [4.78, 5) is 21.6. The van der Waals surface area contributed by atoms with Gasteiger partial charge >= 0.3 is 12.1 Å². The number of amides is 1. The number of hydrogen-bond acceptors (Lipinski definition) is 4. The number of carboxylic acids is 1. The van der Waals surface area contributed by atoms with E-state index in [9.17, 15) is 22.8 Å². The summed E-state index contributed by atoms with van der Waals surface area (Å²) < 4.78 is 40.4. The lowest BCUT2D eigenvalue weighted by Gasteiger charge is -2.22. The highest BCUT2D eigenvalue weighted by Crippen LogP contribution is 2.16. The van der Waals surface area contributed by atoms with E-state index in [0.29, 0.717) is 4.90 Å². The summed E-state index contributed by atoms with van der Waals surface area (Å²) in [5, 5.41) is 16.7. The lowest BCUT2D eigenvalue weighted by molar-refractivity contribution is -0.165. The number of aliphatic carboxylic acids is 1. The van der Waals surface area contributed by atoms with Crippen LogP contribution in [0.1, 0.15) is 0 Å². The van der Waals surface area contributed by atoms with Crippen LogP contribution < -0.4 is 0 Å². The van der Waals surface area contributed by atoms with Gasteiger partial charge in [0.2, 0.25) is 5.91 Å². The SMILES string of the molecule is O=C(O)COCC(=O)N(CCO)CC(F)(F)F. The minimum atomic E-state index is -4.59. The molecule has 0 aliphatic rings. The van der Waals surface area contributed by atoms with Crippen LogP contribution in [0.5, 0.6) is 0 Å². The molecule has 0 saturated heterocycles. The molecule has 1 amide bonds. The Kier molecular flexibility index (Phi) is 6.51. The number of hydrogen-bond donors (Lipinski definition) is 2. The van der Waals surface area contributed by atoms with E-state index >= 15 is 0 Å². The molecule has 0 rings (SSSR count). The number of aliphatic hydroxyl groups excluding tert-OH is 1. The first-order valence-electron chi connectivity index (χ1n) is 4.51. The van der Waals surface area contributed by atoms with Gasteiger partial charge < -0.3 is 19.8 Å². The Bertz CT molecular complexity index is 268. The van der Waals surface area contributed by atoms with Gasteiger partial charge in [-0.2, -0.15) is 13.2 Å². The van der Waals surface area contributed by atoms with Gasteiger partial charge in [-0.25, -0.2) is 4.79 Å². The van der Waals surface area contributed by atoms with E-state index in [2.05, 4.69) is 4.74 Å². The molecule has 6 nitrogen and oxygen atoms in total. The number of carbonyl (C=O) groups excluding carboxylic acids is 1. The van der Waals surface area contributed by atoms with Gasteiger partial charge in [0, 0.05) is 6.54 Å². The predicted molar refractivity (Wildman–Crippen MR) is 48.2 cm³/mol. The van der Waals surface area contributed by atoms with E-state index in [1.807, 2.05) is 0 Å². The molecule has 0 atom stereocenters. The largest absolute Gasteiger partial charge is 0.480 e. The molecule has 17 heavy (non-hydrogen) atoms. The van der Waals surface area contributed by atoms with E-state index in [4.69, 9.17) is 10.2 Å². The molecule has 0 fully saturated rings. The zero-order valence-corrected chi connectivity index (χ0v) is 8.74. The van der Waals surface area contributed by atoms with Crippen molar-refractivity contribution < 1.29 is 37.7 Å². The van der Waals surface area contributed by atoms with Crippen LogP contribution in [0, 0.1) is 0 Å². The molecule has 9 heteroatoms. The Hall–Kier alpha value is -1.35. The van der Waals surface area contributed by atoms with Gasteiger partial charge in [0.05, 0.1) is 6.61 Å². The first kappa shape index (κ1) is 15.7. The second kappa shape index (κ2) is 7.07. The molecule has 2 N–H and O–H groups in total. The summed E-state index contributed by atoms with van der Waals surface area (Å²) in [5.74, 6) is -2.36. The third-order valence-electron chi connectivity index (χ3n) is 1.54. The summed E-state index contributed by atoms with van der Waals surface area (Å²) in [5.41, 5.74) is 0. The third kappa shape index (κ3) is 8.46. The van der Waals surface area contributed by atoms with E-state index < -0.39 is 51.0 Å². The maximum Gasteiger partial charge on any atom is 0.406 e. The fraction of sp³-hybridized carbons (Fsp3) is 0.750. The molecule has 0 bridgehead atoms. The van der Waals surface area contributed by atoms with E-state index in [-0.39, 0.29) is 0 Å². The second-order valence-electron chi connectivity index (χ2n) is 3.04. The van der Waals surface area contributed by atoms with Crippen molar-refractivity contribution in [3.8, 4) is 0 Å². The van der Waals surface area contributed by atoms with Crippen LogP contribution in [-0.4, -0.2) is 66.1 Å². The number of rotatable bonds is 7. The van der Waals surface area contributed by atoms with Crippen molar-refractivity contribution in [1.29, 1.82) is 0 Å². The van der Waals surface area contributed by atoms with Gasteiger partial charge in [-0.05, 0) is 0 Å². The summed E-state index contributed by atoms with van der Waals surface area (Å²) in [6.07, 6.45) is -4.59. The second-order valence-corrected chi connectivity index (χ2v) is 3.04. The van der Waals surface area contributed by atoms with E-state index in [1.54, 1.807) is 0 Å². The Morgan fingerprint density at radius 1 is 1.24 bits per heavy atom. The molecule has 0 spiro atoms. The summed E-state index contributed by atoms with van der Waals surface area (Å²) in [6, 6.07) is 0. The van der Waals surface area contributed by atoms with Gasteiger partial charge in [0.25, 0.3) is 0 Å². The number of nitrogens with zero attached hydrogens (tertiary/aromatic N) is 1. The average Bonchev–Trinajstić information content (AvgIpc) is 2.14. The Morgan fingerprint density at radius 2 is 1.82 bits per heavy atom. The minimum Gasteiger partial charge on any atom is -0.480 e. The maximum atomic E-state index is 12.0. The normalized spacial score (nSPS) is 11.3. The molecule has 0 unspecified atom stereocenters. The molecule has 0 radical (unpaired) electrons. The molecular weight excluding hydrogens is 247 g/mol. The van der Waals surface area contributed by atoms with Gasteiger partial charge in [-0.1, -0.05) is 0 Å². The zero-order chi connectivity index (χ0) is 13.5. The predicted octanol–water partition coefficient (Wildman–Crippen LogP) is -0.529. The third-order valence-corrected chi connectivity index (χ3v) is 1.54. The topological polar surface area (TPSA) is 87.1 Å². The van der Waals surface area contributed by atoms with Crippen molar-refractivity contribution in [3.63, 3.8) is 0 Å². The monoisotopic (exact) mass is 259 g/mol. The minimum absolute atomic E-state index is 0.349. The van der Waals surface area contributed by atoms with Crippen LogP contribution in [0.25, 0.3) is 0 Å². The Morgan fingerprint density at radius 3 is 2.24 bits per heavy atom. The number of ether oxygens (including phenoxy) is 1. The summed E-state index contributed by atoms with van der Waals surface area (Å²) in [7, 11) is 0. The maximum absolute atomic E-state index is 12.0. The van der Waals surface area contributed by atoms with Crippen LogP contribution in [0.2, 0.25) is 0 Å². The number of halogens is 3. The molecule has 100 valence electrons. The van der Waals surface area contributed by atoms with Crippen LogP contribution in [0.15, 0.2) is 0 Å². The first-order valence-corrected chi connectivity index (χ1v) is 4.51. The number of carbonyl (C=O) groups is 2. The van der Waals surface area contributed by atoms with Gasteiger partial charge in [-0.3, -0.25) is 4.79 Å². The van der Waals surface area contributed by atoms with Crippen molar-refractivity contribution in [2.24, 2.45) is 0 Å². The highest BCUT2D eigenvalue weighted by atomic mass is 19.4. The molecule has 0 aromatic heterocycles. The fourth-order valence-electron chi connectivity index (χ4n) is 0.946. The van der Waals surface area contributed by atoms with Crippen molar-refractivity contribution in [2.45, 2.75) is 6.18 Å². The lowest BCUT2D eigenvalue weighted by atomic mass is 10.4. The van der Waals surface area contributed by atoms with Crippen LogP contribution >= 0.6 is 0 Å². The molecule has 0 aromatic rings. The van der Waals surface area contributed by atoms with Crippen molar-refractivity contribution in [3.05, 3.63) is 0 Å². The van der Waals surface area contributed by atoms with Crippen molar-refractivity contribution in [1.82, 2.24) is 4.90 Å². The quantitative estimate of drug-likeness (QED) is 0.642. The lowest BCUT2D eigenvalue weighted by Crippen LogP contribution is -2.42. The van der Waals surface area contributed by atoms with Crippen LogP contribution in [-0.2, 0) is 14.3 Å². The Balaban J connectivity index is 4.19. The van der Waals surface area contributed by atoms with Gasteiger partial charge in [0.1, 0.15) is 19.8 Å². The highest BCUT2D eigenvalue weighted by molar-refractivity contribution is 5.78. The first-order chi connectivity index (χ1) is 7.76. The van der Waals surface area contributed by atoms with Crippen LogP contribution in [0.4, 0.5) is 13.2 Å². The molecule has 0 aliphatic carbocycles. The number of aliphatic hydroxyl groups is 1. The average molecular weight is 259 g/mol. The van der Waals surface area contributed by atoms with Gasteiger partial charge in [-0.15, -0.1) is 0 Å². The van der Waals surface area contributed by atoms with E-state index in [0.717, 1.165) is 0 Å². The number of alkyl halides is 3. The molecule has 0 aromatic carbocycles. The number of carboxylic acid groups (broad SMARTS) is 1. The van der Waals surface area contributed by atoms with Gasteiger partial charge in [0.15, 0.2) is 0 Å². The smallest absolute Gasteiger partial charge is 0.406 e. The summed E-state index contributed by atoms with van der Waals surface area (Å²) >= 11 is 0. The van der Waals surface area contributed by atoms with Crippen molar-refractivity contribution >= 4 is 11.9 Å². The molecular formula is C8H12F3NO5. The fourth-order valence-corrected chi connectivity index (χ4v) is 0.946. The van der Waals surface area contributed by atoms with E-state index in [1.165, 1.54) is 0 Å². The van der Waals surface area contributed by atoms with Crippen LogP contribution in [0.3, 0.4) is 0 Å². The highest BCUT2D eigenvalue weighted by Gasteiger charge is 2.32. The zero-order valence-electron chi connectivity index (χ0n) is 8.74. The van der Waals surface area contributed by atoms with Crippen molar-refractivity contribution in [2.75, 3.05) is 32.9 Å².